The molecule has 0 spiro atoms. The average molecular weight is 290 g/mol. The molecule has 0 fully saturated rings. The first-order valence-corrected chi connectivity index (χ1v) is 6.43. The second-order valence-electron chi connectivity index (χ2n) is 4.26. The number of amides is 1. The van der Waals surface area contributed by atoms with Crippen molar-refractivity contribution in [3.8, 4) is 0 Å². The summed E-state index contributed by atoms with van der Waals surface area (Å²) in [6, 6.07) is 3.37. The zero-order valence-corrected chi connectivity index (χ0v) is 11.9. The maximum Gasteiger partial charge on any atom is 0.221 e. The number of anilines is 2. The molecule has 0 aliphatic rings. The van der Waals surface area contributed by atoms with E-state index < -0.39 is 0 Å². The van der Waals surface area contributed by atoms with Crippen molar-refractivity contribution in [2.24, 2.45) is 0 Å². The third-order valence-electron chi connectivity index (χ3n) is 2.17. The minimum atomic E-state index is -0.0137. The lowest BCUT2D eigenvalue weighted by Crippen LogP contribution is -2.31. The molecule has 100 valence electrons. The number of hydrogen-bond acceptors (Lipinski definition) is 3. The molecule has 0 saturated carbocycles. The summed E-state index contributed by atoms with van der Waals surface area (Å²) in [4.78, 5) is 11.4. The van der Waals surface area contributed by atoms with E-state index in [0.717, 1.165) is 0 Å². The van der Waals surface area contributed by atoms with Crippen LogP contribution in [0.2, 0.25) is 10.0 Å². The van der Waals surface area contributed by atoms with Crippen molar-refractivity contribution in [2.75, 3.05) is 17.6 Å². The second kappa shape index (κ2) is 6.71. The topological polar surface area (TPSA) is 67.2 Å². The van der Waals surface area contributed by atoms with Gasteiger partial charge in [0.2, 0.25) is 5.91 Å². The summed E-state index contributed by atoms with van der Waals surface area (Å²) in [6.07, 6.45) is 0.356. The molecule has 1 rings (SSSR count). The Kier molecular flexibility index (Phi) is 5.56. The lowest BCUT2D eigenvalue weighted by Gasteiger charge is -2.12. The van der Waals surface area contributed by atoms with Gasteiger partial charge >= 0.3 is 0 Å². The van der Waals surface area contributed by atoms with Crippen molar-refractivity contribution < 1.29 is 4.79 Å². The van der Waals surface area contributed by atoms with E-state index in [-0.39, 0.29) is 11.9 Å². The summed E-state index contributed by atoms with van der Waals surface area (Å²) in [5, 5.41) is 6.73. The number of hydrogen-bond donors (Lipinski definition) is 3. The van der Waals surface area contributed by atoms with Crippen molar-refractivity contribution in [3.05, 3.63) is 22.2 Å². The highest BCUT2D eigenvalue weighted by Gasteiger charge is 2.08. The van der Waals surface area contributed by atoms with Gasteiger partial charge in [-0.1, -0.05) is 23.2 Å². The van der Waals surface area contributed by atoms with Gasteiger partial charge in [0.15, 0.2) is 0 Å². The minimum Gasteiger partial charge on any atom is -0.399 e. The van der Waals surface area contributed by atoms with E-state index in [1.807, 2.05) is 13.8 Å². The molecule has 4 nitrogen and oxygen atoms in total. The van der Waals surface area contributed by atoms with Gasteiger partial charge in [-0.15, -0.1) is 0 Å². The first-order valence-electron chi connectivity index (χ1n) is 5.68. The Bertz CT molecular complexity index is 412. The first-order chi connectivity index (χ1) is 8.40. The molecule has 0 radical (unpaired) electrons. The van der Waals surface area contributed by atoms with Crippen LogP contribution in [0.15, 0.2) is 12.1 Å². The van der Waals surface area contributed by atoms with Crippen LogP contribution < -0.4 is 16.4 Å². The summed E-state index contributed by atoms with van der Waals surface area (Å²) < 4.78 is 0. The molecule has 18 heavy (non-hydrogen) atoms. The fraction of sp³-hybridized carbons (Fsp3) is 0.417. The SMILES string of the molecule is CC(C)NC(=O)CCNc1c(Cl)cc(N)cc1Cl. The van der Waals surface area contributed by atoms with Gasteiger partial charge in [0, 0.05) is 24.7 Å². The predicted molar refractivity (Wildman–Crippen MR) is 77.3 cm³/mol. The monoisotopic (exact) mass is 289 g/mol. The summed E-state index contributed by atoms with van der Waals surface area (Å²) in [7, 11) is 0. The zero-order chi connectivity index (χ0) is 13.7. The number of benzene rings is 1. The molecule has 0 bridgehead atoms. The molecule has 6 heteroatoms. The molecule has 0 aliphatic heterocycles. The molecule has 1 aromatic carbocycles. The van der Waals surface area contributed by atoms with E-state index >= 15 is 0 Å². The van der Waals surface area contributed by atoms with E-state index in [4.69, 9.17) is 28.9 Å². The van der Waals surface area contributed by atoms with E-state index in [0.29, 0.717) is 34.4 Å². The molecule has 0 aromatic heterocycles. The molecule has 0 aliphatic carbocycles. The number of carbonyl (C=O) groups excluding carboxylic acids is 1. The van der Waals surface area contributed by atoms with E-state index in [2.05, 4.69) is 10.6 Å². The lowest BCUT2D eigenvalue weighted by atomic mass is 10.2. The third-order valence-corrected chi connectivity index (χ3v) is 2.76. The maximum absolute atomic E-state index is 11.4. The smallest absolute Gasteiger partial charge is 0.221 e. The fourth-order valence-electron chi connectivity index (χ4n) is 1.46. The van der Waals surface area contributed by atoms with Gasteiger partial charge in [-0.25, -0.2) is 0 Å². The molecule has 4 N–H and O–H groups in total. The Morgan fingerprint density at radius 3 is 2.39 bits per heavy atom. The molecular formula is C12H17Cl2N3O. The second-order valence-corrected chi connectivity index (χ2v) is 5.07. The number of nitrogens with one attached hydrogen (secondary N) is 2. The molecule has 1 aromatic rings. The van der Waals surface area contributed by atoms with Gasteiger partial charge in [-0.2, -0.15) is 0 Å². The van der Waals surface area contributed by atoms with Crippen LogP contribution in [0.3, 0.4) is 0 Å². The quantitative estimate of drug-likeness (QED) is 0.730. The Balaban J connectivity index is 2.52. The summed E-state index contributed by atoms with van der Waals surface area (Å²) in [5.74, 6) is -0.0137. The summed E-state index contributed by atoms with van der Waals surface area (Å²) in [5.41, 5.74) is 6.71. The Morgan fingerprint density at radius 1 is 1.33 bits per heavy atom. The van der Waals surface area contributed by atoms with Crippen molar-refractivity contribution >= 4 is 40.5 Å². The summed E-state index contributed by atoms with van der Waals surface area (Å²) >= 11 is 12.0. The van der Waals surface area contributed by atoms with Crippen LogP contribution in [0.1, 0.15) is 20.3 Å². The number of halogens is 2. The normalized spacial score (nSPS) is 10.5. The van der Waals surface area contributed by atoms with E-state index in [9.17, 15) is 4.79 Å². The van der Waals surface area contributed by atoms with E-state index in [1.54, 1.807) is 12.1 Å². The van der Waals surface area contributed by atoms with Gasteiger partial charge in [-0.05, 0) is 26.0 Å². The van der Waals surface area contributed by atoms with Crippen LogP contribution in [0.5, 0.6) is 0 Å². The highest BCUT2D eigenvalue weighted by atomic mass is 35.5. The Labute approximate surface area is 117 Å². The van der Waals surface area contributed by atoms with Gasteiger partial charge in [-0.3, -0.25) is 4.79 Å². The van der Waals surface area contributed by atoms with Crippen LogP contribution >= 0.6 is 23.2 Å². The van der Waals surface area contributed by atoms with Crippen LogP contribution in [-0.4, -0.2) is 18.5 Å². The lowest BCUT2D eigenvalue weighted by molar-refractivity contribution is -0.121. The van der Waals surface area contributed by atoms with Crippen molar-refractivity contribution in [3.63, 3.8) is 0 Å². The fourth-order valence-corrected chi connectivity index (χ4v) is 2.09. The van der Waals surface area contributed by atoms with E-state index in [1.165, 1.54) is 0 Å². The molecular weight excluding hydrogens is 273 g/mol. The van der Waals surface area contributed by atoms with Gasteiger partial charge in [0.25, 0.3) is 0 Å². The molecule has 0 unspecified atom stereocenters. The van der Waals surface area contributed by atoms with Crippen LogP contribution in [-0.2, 0) is 4.79 Å². The van der Waals surface area contributed by atoms with Crippen LogP contribution in [0, 0.1) is 0 Å². The molecule has 1 amide bonds. The average Bonchev–Trinajstić information content (AvgIpc) is 2.20. The molecule has 0 saturated heterocycles. The van der Waals surface area contributed by atoms with Crippen molar-refractivity contribution in [2.45, 2.75) is 26.3 Å². The Hall–Kier alpha value is -1.13. The number of nitrogens with two attached hydrogens (primary N) is 1. The highest BCUT2D eigenvalue weighted by molar-refractivity contribution is 6.39. The Morgan fingerprint density at radius 2 is 1.89 bits per heavy atom. The zero-order valence-electron chi connectivity index (χ0n) is 10.4. The standard InChI is InChI=1S/C12H17Cl2N3O/c1-7(2)17-11(18)3-4-16-12-9(13)5-8(15)6-10(12)14/h5-7,16H,3-4,15H2,1-2H3,(H,17,18). The van der Waals surface area contributed by atoms with Gasteiger partial charge < -0.3 is 16.4 Å². The van der Waals surface area contributed by atoms with Gasteiger partial charge in [0.1, 0.15) is 0 Å². The largest absolute Gasteiger partial charge is 0.399 e. The number of rotatable bonds is 5. The van der Waals surface area contributed by atoms with Crippen LogP contribution in [0.4, 0.5) is 11.4 Å². The minimum absolute atomic E-state index is 0.0137. The van der Waals surface area contributed by atoms with Crippen molar-refractivity contribution in [1.29, 1.82) is 0 Å². The third kappa shape index (κ3) is 4.63. The summed E-state index contributed by atoms with van der Waals surface area (Å²) in [6.45, 7) is 4.29. The molecule has 0 atom stereocenters. The number of nitrogen functional groups attached to an aromatic ring is 1. The predicted octanol–water partition coefficient (Wildman–Crippen LogP) is 2.90. The van der Waals surface area contributed by atoms with Crippen molar-refractivity contribution in [1.82, 2.24) is 5.32 Å². The van der Waals surface area contributed by atoms with Crippen LogP contribution in [0.25, 0.3) is 0 Å². The maximum atomic E-state index is 11.4. The number of carbonyl (C=O) groups is 1. The first kappa shape index (κ1) is 14.9. The van der Waals surface area contributed by atoms with Gasteiger partial charge in [0.05, 0.1) is 15.7 Å². The molecule has 0 heterocycles. The highest BCUT2D eigenvalue weighted by Crippen LogP contribution is 2.32.